The molecule has 1 unspecified atom stereocenters. The van der Waals surface area contributed by atoms with Gasteiger partial charge in [0.1, 0.15) is 6.61 Å². The minimum absolute atomic E-state index is 0.541. The summed E-state index contributed by atoms with van der Waals surface area (Å²) in [5.74, 6) is -57.4. The highest BCUT2D eigenvalue weighted by Gasteiger charge is 2.95. The lowest BCUT2D eigenvalue weighted by molar-refractivity contribution is -0.461. The van der Waals surface area contributed by atoms with Gasteiger partial charge < -0.3 is 14.6 Å². The topological polar surface area (TPSA) is 55.8 Å². The summed E-state index contributed by atoms with van der Waals surface area (Å²) < 4.78 is 234. The first kappa shape index (κ1) is 37.2. The van der Waals surface area contributed by atoms with Crippen LogP contribution in [0.1, 0.15) is 26.7 Å². The zero-order valence-electron chi connectivity index (χ0n) is 19.3. The summed E-state index contributed by atoms with van der Waals surface area (Å²) in [5.41, 5.74) is -1.43. The van der Waals surface area contributed by atoms with Gasteiger partial charge >= 0.3 is 53.6 Å². The third-order valence-electron chi connectivity index (χ3n) is 5.02. The monoisotopic (exact) mass is 622 g/mol. The molecular weight excluding hydrogens is 603 g/mol. The number of hydrogen-bond donors (Lipinski definition) is 1. The van der Waals surface area contributed by atoms with Crippen molar-refractivity contribution in [2.45, 2.75) is 74.3 Å². The predicted octanol–water partition coefficient (Wildman–Crippen LogP) is 6.35. The largest absolute Gasteiger partial charge is 0.465 e. The molecule has 0 saturated carbocycles. The number of hydrogen-bond acceptors (Lipinski definition) is 4. The minimum Gasteiger partial charge on any atom is -0.465 e. The first-order valence-electron chi connectivity index (χ1n) is 9.97. The molecule has 0 aromatic heterocycles. The minimum atomic E-state index is -8.66. The third kappa shape index (κ3) is 6.58. The molecule has 1 N–H and O–H groups in total. The number of carbonyl (C=O) groups is 1. The molecule has 0 heterocycles. The van der Waals surface area contributed by atoms with Gasteiger partial charge in [-0.15, -0.1) is 0 Å². The molecule has 0 aliphatic carbocycles. The predicted molar refractivity (Wildman–Crippen MR) is 92.6 cm³/mol. The van der Waals surface area contributed by atoms with Gasteiger partial charge in [-0.25, -0.2) is 0 Å². The van der Waals surface area contributed by atoms with Gasteiger partial charge in [-0.05, 0) is 6.42 Å². The Labute approximate surface area is 207 Å². The van der Waals surface area contributed by atoms with Crippen LogP contribution < -0.4 is 0 Å². The summed E-state index contributed by atoms with van der Waals surface area (Å²) >= 11 is 0. The van der Waals surface area contributed by atoms with E-state index in [9.17, 15) is 84.5 Å². The molecule has 0 rings (SSSR count). The van der Waals surface area contributed by atoms with Crippen molar-refractivity contribution in [1.82, 2.24) is 0 Å². The molecule has 0 saturated heterocycles. The van der Waals surface area contributed by atoms with Crippen LogP contribution in [0.2, 0.25) is 0 Å². The van der Waals surface area contributed by atoms with Crippen molar-refractivity contribution in [1.29, 1.82) is 0 Å². The number of rotatable bonds is 15. The third-order valence-corrected chi connectivity index (χ3v) is 5.02. The number of aliphatic hydroxyl groups is 1. The van der Waals surface area contributed by atoms with Gasteiger partial charge in [0.2, 0.25) is 0 Å². The summed E-state index contributed by atoms with van der Waals surface area (Å²) in [5, 5.41) is 9.21. The molecule has 0 aromatic rings. The van der Waals surface area contributed by atoms with Gasteiger partial charge in [0, 0.05) is 25.4 Å². The molecule has 4 nitrogen and oxygen atoms in total. The quantitative estimate of drug-likeness (QED) is 0.131. The molecule has 39 heavy (non-hydrogen) atoms. The van der Waals surface area contributed by atoms with Crippen LogP contribution in [0, 0.1) is 5.41 Å². The second-order valence-corrected chi connectivity index (χ2v) is 8.55. The van der Waals surface area contributed by atoms with Crippen LogP contribution in [0.25, 0.3) is 0 Å². The van der Waals surface area contributed by atoms with Gasteiger partial charge in [-0.2, -0.15) is 74.6 Å². The van der Waals surface area contributed by atoms with Gasteiger partial charge in [0.05, 0.1) is 13.2 Å². The fourth-order valence-electron chi connectivity index (χ4n) is 2.48. The second-order valence-electron chi connectivity index (χ2n) is 8.55. The van der Waals surface area contributed by atoms with Crippen molar-refractivity contribution in [3.05, 3.63) is 0 Å². The lowest BCUT2D eigenvalue weighted by Crippen LogP contribution is -2.74. The second kappa shape index (κ2) is 11.2. The van der Waals surface area contributed by atoms with Crippen molar-refractivity contribution in [3.63, 3.8) is 0 Å². The van der Waals surface area contributed by atoms with Crippen LogP contribution in [0.4, 0.5) is 74.6 Å². The normalized spacial score (nSPS) is 16.7. The first-order valence-corrected chi connectivity index (χ1v) is 9.97. The molecule has 21 heteroatoms. The van der Waals surface area contributed by atoms with E-state index in [-0.39, 0.29) is 0 Å². The zero-order chi connectivity index (χ0) is 31.7. The molecular formula is C18H19F17O4. The standard InChI is InChI=1S/C18H19F17O4/c1-9(37)39-8-10(2,6-36)7-38-5-3-4-11(19,20)12(21,22)13(23,24)14(25,26)15(27,28)16(29,30)17(31,32)18(33,34)35/h36H,3-8H2,1-2H3. The Bertz CT molecular complexity index is 840. The Morgan fingerprint density at radius 3 is 1.38 bits per heavy atom. The lowest BCUT2D eigenvalue weighted by atomic mass is 9.88. The van der Waals surface area contributed by atoms with Crippen LogP contribution in [0.15, 0.2) is 0 Å². The van der Waals surface area contributed by atoms with Crippen LogP contribution in [0.5, 0.6) is 0 Å². The zero-order valence-corrected chi connectivity index (χ0v) is 19.3. The Balaban J connectivity index is 5.86. The first-order chi connectivity index (χ1) is 16.9. The highest BCUT2D eigenvalue weighted by atomic mass is 19.4. The van der Waals surface area contributed by atoms with E-state index < -0.39 is 98.3 Å². The van der Waals surface area contributed by atoms with E-state index in [0.29, 0.717) is 0 Å². The number of esters is 1. The fraction of sp³-hybridized carbons (Fsp3) is 0.944. The van der Waals surface area contributed by atoms with Crippen molar-refractivity contribution >= 4 is 5.97 Å². The number of ether oxygens (including phenoxy) is 2. The van der Waals surface area contributed by atoms with E-state index in [1.54, 1.807) is 0 Å². The molecule has 0 amide bonds. The van der Waals surface area contributed by atoms with E-state index >= 15 is 0 Å². The highest BCUT2D eigenvalue weighted by molar-refractivity contribution is 5.65. The van der Waals surface area contributed by atoms with Crippen molar-refractivity contribution < 1.29 is 94.0 Å². The number of alkyl halides is 17. The molecule has 0 bridgehead atoms. The smallest absolute Gasteiger partial charge is 0.460 e. The Kier molecular flexibility index (Phi) is 10.7. The molecule has 0 fully saturated rings. The van der Waals surface area contributed by atoms with E-state index in [2.05, 4.69) is 9.47 Å². The van der Waals surface area contributed by atoms with Crippen molar-refractivity contribution in [2.24, 2.45) is 5.41 Å². The molecule has 0 radical (unpaired) electrons. The summed E-state index contributed by atoms with van der Waals surface area (Å²) in [6.45, 7) is -1.00. The van der Waals surface area contributed by atoms with Gasteiger partial charge in [-0.3, -0.25) is 4.79 Å². The SMILES string of the molecule is CC(=O)OCC(C)(CO)COCCCC(F)(F)C(F)(F)C(F)(F)C(F)(F)C(F)(F)C(F)(F)C(F)(F)C(F)(F)F. The number of aliphatic hydroxyl groups excluding tert-OH is 1. The molecule has 0 aliphatic rings. The van der Waals surface area contributed by atoms with Crippen molar-refractivity contribution in [3.8, 4) is 0 Å². The highest BCUT2D eigenvalue weighted by Crippen LogP contribution is 2.64. The van der Waals surface area contributed by atoms with E-state index in [4.69, 9.17) is 0 Å². The maximum atomic E-state index is 13.8. The Morgan fingerprint density at radius 1 is 0.641 bits per heavy atom. The summed E-state index contributed by atoms with van der Waals surface area (Å²) in [6, 6.07) is 0. The summed E-state index contributed by atoms with van der Waals surface area (Å²) in [7, 11) is 0. The van der Waals surface area contributed by atoms with Crippen molar-refractivity contribution in [2.75, 3.05) is 26.4 Å². The van der Waals surface area contributed by atoms with Crippen LogP contribution in [-0.2, 0) is 14.3 Å². The van der Waals surface area contributed by atoms with Crippen LogP contribution >= 0.6 is 0 Å². The Morgan fingerprint density at radius 2 is 1.03 bits per heavy atom. The molecule has 0 spiro atoms. The average molecular weight is 622 g/mol. The maximum absolute atomic E-state index is 13.8. The Hall–Kier alpha value is -1.80. The maximum Gasteiger partial charge on any atom is 0.460 e. The lowest BCUT2D eigenvalue weighted by Gasteiger charge is -2.42. The van der Waals surface area contributed by atoms with Gasteiger partial charge in [0.15, 0.2) is 0 Å². The van der Waals surface area contributed by atoms with Gasteiger partial charge in [0.25, 0.3) is 0 Å². The van der Waals surface area contributed by atoms with E-state index in [0.717, 1.165) is 6.92 Å². The van der Waals surface area contributed by atoms with E-state index in [1.165, 1.54) is 6.92 Å². The molecule has 234 valence electrons. The average Bonchev–Trinajstić information content (AvgIpc) is 2.75. The van der Waals surface area contributed by atoms with Crippen LogP contribution in [0.3, 0.4) is 0 Å². The molecule has 1 atom stereocenters. The summed E-state index contributed by atoms with van der Waals surface area (Å²) in [4.78, 5) is 10.8. The molecule has 0 aliphatic heterocycles. The van der Waals surface area contributed by atoms with Crippen LogP contribution in [-0.4, -0.2) is 85.1 Å². The van der Waals surface area contributed by atoms with E-state index in [1.807, 2.05) is 0 Å². The fourth-order valence-corrected chi connectivity index (χ4v) is 2.48. The summed E-state index contributed by atoms with van der Waals surface area (Å²) in [6.07, 6.45) is -11.9. The number of carbonyl (C=O) groups excluding carboxylic acids is 1. The number of halogens is 17. The van der Waals surface area contributed by atoms with Gasteiger partial charge in [-0.1, -0.05) is 6.92 Å². The molecule has 0 aromatic carbocycles.